The lowest BCUT2D eigenvalue weighted by atomic mass is 10.1. The van der Waals surface area contributed by atoms with E-state index in [9.17, 15) is 29.0 Å². The number of phosphoric acid groups is 2. The lowest BCUT2D eigenvalue weighted by molar-refractivity contribution is -0.0225. The molecule has 9 N–H and O–H groups in total. The summed E-state index contributed by atoms with van der Waals surface area (Å²) in [6.45, 7) is -0.851. The van der Waals surface area contributed by atoms with E-state index in [1.807, 2.05) is 0 Å². The Kier molecular flexibility index (Phi) is 4.77. The molecule has 0 bridgehead atoms. The molecule has 3 aliphatic rings. The van der Waals surface area contributed by atoms with Crippen LogP contribution in [0, 0.1) is 0 Å². The number of rotatable bonds is 6. The van der Waals surface area contributed by atoms with E-state index < -0.39 is 58.6 Å². The van der Waals surface area contributed by atoms with Crippen molar-refractivity contribution in [2.75, 3.05) is 22.2 Å². The van der Waals surface area contributed by atoms with E-state index >= 15 is 0 Å². The van der Waals surface area contributed by atoms with E-state index in [2.05, 4.69) is 24.2 Å². The number of nitrogens with one attached hydrogen (secondary N) is 2. The highest BCUT2D eigenvalue weighted by Crippen LogP contribution is 2.57. The summed E-state index contributed by atoms with van der Waals surface area (Å²) >= 11 is 0. The molecule has 2 fully saturated rings. The predicted octanol–water partition coefficient (Wildman–Crippen LogP) is -3.55. The highest BCUT2D eigenvalue weighted by atomic mass is 31.3. The van der Waals surface area contributed by atoms with Gasteiger partial charge in [0.25, 0.3) is 5.56 Å². The molecule has 6 atom stereocenters. The predicted molar refractivity (Wildman–Crippen MR) is 90.7 cm³/mol. The van der Waals surface area contributed by atoms with Crippen molar-refractivity contribution in [2.45, 2.75) is 30.8 Å². The van der Waals surface area contributed by atoms with Gasteiger partial charge in [-0.05, 0) is 0 Å². The Labute approximate surface area is 160 Å². The van der Waals surface area contributed by atoms with Crippen molar-refractivity contribution in [3.05, 3.63) is 10.4 Å². The average Bonchev–Trinajstić information content (AvgIpc) is 3.19. The van der Waals surface area contributed by atoms with Gasteiger partial charge in [-0.25, -0.2) is 9.13 Å². The monoisotopic (exact) mass is 458 g/mol. The van der Waals surface area contributed by atoms with E-state index in [1.165, 1.54) is 9.91 Å². The fraction of sp³-hybridized carbons (Fsp3) is 0.600. The maximum atomic E-state index is 12.1. The molecule has 0 amide bonds. The summed E-state index contributed by atoms with van der Waals surface area (Å²) in [5, 5.41) is 22.0. The molecular formula is C10H16N6O11P2. The average molecular weight is 458 g/mol. The van der Waals surface area contributed by atoms with Crippen LogP contribution in [0.15, 0.2) is 4.79 Å². The number of hydrazine groups is 1. The SMILES string of the molecule is Nc1nc2c(c(=O)[nH]1)N1N[C@H]1N2[C@@H]1O[C@H](COP(=O)(O)OP(=O)(O)O)[C@@H](O)[C@H]1O. The Hall–Kier alpha value is -1.62. The number of aromatic nitrogens is 2. The summed E-state index contributed by atoms with van der Waals surface area (Å²) in [5.41, 5.74) is 7.92. The zero-order valence-electron chi connectivity index (χ0n) is 14.1. The molecule has 0 saturated carbocycles. The molecule has 4 rings (SSSR count). The Bertz CT molecular complexity index is 983. The molecule has 29 heavy (non-hydrogen) atoms. The van der Waals surface area contributed by atoms with Gasteiger partial charge >= 0.3 is 15.6 Å². The third kappa shape index (κ3) is 3.78. The van der Waals surface area contributed by atoms with Crippen molar-refractivity contribution >= 4 is 33.1 Å². The molecule has 19 heteroatoms. The fourth-order valence-electron chi connectivity index (χ4n) is 3.13. The fourth-order valence-corrected chi connectivity index (χ4v) is 4.73. The van der Waals surface area contributed by atoms with Gasteiger partial charge in [0.2, 0.25) is 5.95 Å². The minimum absolute atomic E-state index is 0.0745. The van der Waals surface area contributed by atoms with Crippen molar-refractivity contribution in [1.82, 2.24) is 15.4 Å². The first-order chi connectivity index (χ1) is 13.4. The van der Waals surface area contributed by atoms with Crippen LogP contribution in [0.1, 0.15) is 0 Å². The van der Waals surface area contributed by atoms with Crippen molar-refractivity contribution in [3.8, 4) is 0 Å². The van der Waals surface area contributed by atoms with Crippen molar-refractivity contribution < 1.29 is 47.6 Å². The first-order valence-corrected chi connectivity index (χ1v) is 10.9. The molecule has 1 unspecified atom stereocenters. The standard InChI is InChI=1S/C10H16N6O11P2/c11-9-12-6-3(7(19)13-9)16-10(14-16)15(6)8-5(18)4(17)2(26-8)1-25-29(23,24)27-28(20,21)22/h2,4-5,8,10,14,17-18H,1H2,(H,23,24)(H2,20,21,22)(H3,11,12,13,19)/t2-,4-,5-,8-,10+,16?/m1/s1. The summed E-state index contributed by atoms with van der Waals surface area (Å²) in [6.07, 6.45) is -6.45. The van der Waals surface area contributed by atoms with Crippen LogP contribution in [0.2, 0.25) is 0 Å². The first kappa shape index (κ1) is 20.6. The zero-order chi connectivity index (χ0) is 21.3. The minimum Gasteiger partial charge on any atom is -0.387 e. The third-order valence-corrected chi connectivity index (χ3v) is 6.45. The number of nitrogens with two attached hydrogens (primary N) is 1. The van der Waals surface area contributed by atoms with Gasteiger partial charge in [-0.2, -0.15) is 14.7 Å². The van der Waals surface area contributed by atoms with Gasteiger partial charge in [0.05, 0.1) is 6.61 Å². The number of ether oxygens (including phenoxy) is 1. The second-order valence-corrected chi connectivity index (χ2v) is 9.12. The molecule has 3 aliphatic heterocycles. The highest BCUT2D eigenvalue weighted by Gasteiger charge is 2.58. The molecule has 1 aromatic rings. The number of hydrogen-bond acceptors (Lipinski definition) is 13. The van der Waals surface area contributed by atoms with Crippen molar-refractivity contribution in [1.29, 1.82) is 0 Å². The Morgan fingerprint density at radius 3 is 2.59 bits per heavy atom. The van der Waals surface area contributed by atoms with Gasteiger partial charge in [0.1, 0.15) is 18.3 Å². The summed E-state index contributed by atoms with van der Waals surface area (Å²) in [6, 6.07) is 0. The Morgan fingerprint density at radius 1 is 1.24 bits per heavy atom. The number of aliphatic hydroxyl groups is 2. The van der Waals surface area contributed by atoms with Crippen molar-refractivity contribution in [3.63, 3.8) is 0 Å². The zero-order valence-corrected chi connectivity index (χ0v) is 15.9. The number of aliphatic hydroxyl groups excluding tert-OH is 2. The second-order valence-electron chi connectivity index (χ2n) is 6.29. The summed E-state index contributed by atoms with van der Waals surface area (Å²) < 4.78 is 35.8. The molecule has 1 aromatic heterocycles. The van der Waals surface area contributed by atoms with Gasteiger partial charge in [0, 0.05) is 0 Å². The molecule has 17 nitrogen and oxygen atoms in total. The Balaban J connectivity index is 1.50. The van der Waals surface area contributed by atoms with E-state index in [0.29, 0.717) is 0 Å². The van der Waals surface area contributed by atoms with Crippen LogP contribution in [0.5, 0.6) is 0 Å². The second kappa shape index (κ2) is 6.69. The molecule has 0 radical (unpaired) electrons. The highest BCUT2D eigenvalue weighted by molar-refractivity contribution is 7.60. The maximum Gasteiger partial charge on any atom is 0.481 e. The summed E-state index contributed by atoms with van der Waals surface area (Å²) in [7, 11) is -10.5. The van der Waals surface area contributed by atoms with Crippen LogP contribution in [0.3, 0.4) is 0 Å². The number of nitrogens with zero attached hydrogens (tertiary/aromatic N) is 3. The van der Waals surface area contributed by atoms with E-state index in [1.54, 1.807) is 0 Å². The van der Waals surface area contributed by atoms with Crippen LogP contribution in [-0.2, 0) is 22.7 Å². The van der Waals surface area contributed by atoms with Gasteiger partial charge in [-0.3, -0.25) is 24.2 Å². The molecule has 0 aromatic carbocycles. The molecular weight excluding hydrogens is 442 g/mol. The van der Waals surface area contributed by atoms with E-state index in [-0.39, 0.29) is 17.5 Å². The number of fused-ring (bicyclic) bond motifs is 3. The van der Waals surface area contributed by atoms with Crippen molar-refractivity contribution in [2.24, 2.45) is 0 Å². The third-order valence-electron chi connectivity index (χ3n) is 4.30. The molecule has 4 heterocycles. The Morgan fingerprint density at radius 2 is 1.93 bits per heavy atom. The molecule has 0 aliphatic carbocycles. The summed E-state index contributed by atoms with van der Waals surface area (Å²) in [5.74, 6) is -0.115. The van der Waals surface area contributed by atoms with Crippen LogP contribution in [-0.4, -0.2) is 72.3 Å². The van der Waals surface area contributed by atoms with E-state index in [4.69, 9.17) is 20.3 Å². The quantitative estimate of drug-likeness (QED) is 0.151. The number of aromatic amines is 1. The lowest BCUT2D eigenvalue weighted by Crippen LogP contribution is -2.46. The topological polar surface area (TPSA) is 263 Å². The van der Waals surface area contributed by atoms with Crippen LogP contribution in [0.25, 0.3) is 0 Å². The van der Waals surface area contributed by atoms with Gasteiger partial charge in [-0.1, -0.05) is 0 Å². The largest absolute Gasteiger partial charge is 0.481 e. The van der Waals surface area contributed by atoms with Crippen LogP contribution < -0.4 is 26.6 Å². The van der Waals surface area contributed by atoms with Gasteiger partial charge in [0.15, 0.2) is 24.0 Å². The first-order valence-electron chi connectivity index (χ1n) is 7.87. The number of anilines is 3. The maximum absolute atomic E-state index is 12.1. The van der Waals surface area contributed by atoms with Gasteiger partial charge < -0.3 is 35.4 Å². The van der Waals surface area contributed by atoms with E-state index in [0.717, 1.165) is 0 Å². The lowest BCUT2D eigenvalue weighted by Gasteiger charge is -2.27. The van der Waals surface area contributed by atoms with Crippen LogP contribution >= 0.6 is 15.6 Å². The number of phosphoric ester groups is 1. The van der Waals surface area contributed by atoms with Gasteiger partial charge in [-0.15, -0.1) is 0 Å². The number of hydrogen-bond donors (Lipinski definition) is 8. The smallest absolute Gasteiger partial charge is 0.387 e. The molecule has 2 saturated heterocycles. The van der Waals surface area contributed by atoms with Crippen LogP contribution in [0.4, 0.5) is 17.5 Å². The molecule has 162 valence electrons. The minimum atomic E-state index is -5.32. The summed E-state index contributed by atoms with van der Waals surface area (Å²) in [4.78, 5) is 46.2. The molecule has 0 spiro atoms. The number of nitrogen functional groups attached to an aromatic ring is 1. The normalized spacial score (nSPS) is 32.8. The number of H-pyrrole nitrogens is 1.